The Hall–Kier alpha value is -2.83. The van der Waals surface area contributed by atoms with Crippen LogP contribution in [-0.4, -0.2) is 39.4 Å². The number of hydrogen-bond acceptors (Lipinski definition) is 9. The predicted octanol–water partition coefficient (Wildman–Crippen LogP) is 2.21. The van der Waals surface area contributed by atoms with Crippen LogP contribution >= 0.6 is 23.1 Å². The highest BCUT2D eigenvalue weighted by Gasteiger charge is 2.29. The lowest BCUT2D eigenvalue weighted by atomic mass is 10.2. The average molecular weight is 452 g/mol. The van der Waals surface area contributed by atoms with Gasteiger partial charge in [0.2, 0.25) is 6.79 Å². The lowest BCUT2D eigenvalue weighted by Crippen LogP contribution is -2.21. The lowest BCUT2D eigenvalue weighted by Gasteiger charge is -2.01. The van der Waals surface area contributed by atoms with Crippen LogP contribution in [0.2, 0.25) is 0 Å². The van der Waals surface area contributed by atoms with Crippen molar-refractivity contribution in [3.8, 4) is 11.5 Å². The molecule has 0 bridgehead atoms. The zero-order chi connectivity index (χ0) is 20.6. The molecular formula is C17H12N2O7S3. The van der Waals surface area contributed by atoms with Gasteiger partial charge in [-0.25, -0.2) is 4.79 Å². The third-order valence-corrected chi connectivity index (χ3v) is 7.19. The average Bonchev–Trinajstić information content (AvgIpc) is 3.41. The predicted molar refractivity (Wildman–Crippen MR) is 107 cm³/mol. The van der Waals surface area contributed by atoms with E-state index in [9.17, 15) is 18.0 Å². The number of thioether (sulfide) groups is 1. The van der Waals surface area contributed by atoms with Gasteiger partial charge in [0, 0.05) is 0 Å². The van der Waals surface area contributed by atoms with Crippen LogP contribution < -0.4 is 14.8 Å². The van der Waals surface area contributed by atoms with Gasteiger partial charge in [-0.2, -0.15) is 8.42 Å². The first-order valence-corrected chi connectivity index (χ1v) is 11.1. The summed E-state index contributed by atoms with van der Waals surface area (Å²) in [7, 11) is -3.06. The van der Waals surface area contributed by atoms with Crippen LogP contribution in [-0.2, 0) is 19.6 Å². The second-order valence-corrected chi connectivity index (χ2v) is 9.17. The minimum atomic E-state index is -4.22. The molecule has 150 valence electrons. The largest absolute Gasteiger partial charge is 0.465 e. The van der Waals surface area contributed by atoms with Crippen molar-refractivity contribution in [2.24, 2.45) is 4.40 Å². The van der Waals surface area contributed by atoms with Gasteiger partial charge in [0.25, 0.3) is 15.9 Å². The van der Waals surface area contributed by atoms with Crippen LogP contribution in [0.3, 0.4) is 0 Å². The van der Waals surface area contributed by atoms with E-state index in [0.29, 0.717) is 17.1 Å². The Balaban J connectivity index is 1.60. The highest BCUT2D eigenvalue weighted by Crippen LogP contribution is 2.35. The van der Waals surface area contributed by atoms with Gasteiger partial charge in [-0.1, -0.05) is 6.07 Å². The van der Waals surface area contributed by atoms with Gasteiger partial charge in [0.05, 0.1) is 12.0 Å². The molecule has 1 saturated heterocycles. The number of fused-ring (bicyclic) bond motifs is 1. The minimum Gasteiger partial charge on any atom is -0.465 e. The fraction of sp³-hybridized carbons (Fsp3) is 0.118. The van der Waals surface area contributed by atoms with Crippen molar-refractivity contribution in [3.63, 3.8) is 0 Å². The number of amidine groups is 1. The zero-order valence-electron chi connectivity index (χ0n) is 14.7. The molecule has 0 aliphatic carbocycles. The van der Waals surface area contributed by atoms with Crippen molar-refractivity contribution in [2.75, 3.05) is 13.9 Å². The summed E-state index contributed by atoms with van der Waals surface area (Å²) >= 11 is 1.81. The number of benzene rings is 1. The molecule has 0 unspecified atom stereocenters. The number of carbonyl (C=O) groups excluding carboxylic acids is 2. The second-order valence-electron chi connectivity index (χ2n) is 5.65. The summed E-state index contributed by atoms with van der Waals surface area (Å²) in [4.78, 5) is 23.9. The third kappa shape index (κ3) is 3.86. The van der Waals surface area contributed by atoms with E-state index in [1.165, 1.54) is 11.4 Å². The number of nitrogens with one attached hydrogen (secondary N) is 1. The SMILES string of the molecule is COC(=O)c1sccc1S(=O)(=O)/N=C1\NC(=O)/C(=C\c2ccc3c(c2)OCO3)S1. The number of carbonyl (C=O) groups is 2. The summed E-state index contributed by atoms with van der Waals surface area (Å²) in [5.41, 5.74) is 0.682. The van der Waals surface area contributed by atoms with Crippen LogP contribution in [0.1, 0.15) is 15.2 Å². The highest BCUT2D eigenvalue weighted by molar-refractivity contribution is 8.19. The molecule has 4 rings (SSSR count). The van der Waals surface area contributed by atoms with Gasteiger partial charge in [-0.05, 0) is 47.0 Å². The molecule has 3 heterocycles. The van der Waals surface area contributed by atoms with Crippen molar-refractivity contribution < 1.29 is 32.2 Å². The van der Waals surface area contributed by atoms with Gasteiger partial charge < -0.3 is 14.2 Å². The standard InChI is InChI=1S/C17H12N2O7S3/c1-24-16(21)14-13(4-5-27-14)29(22,23)19-17-18-15(20)12(28-17)7-9-2-3-10-11(6-9)26-8-25-10/h2-7H,8H2,1H3,(H,18,19,20)/b12-7+. The van der Waals surface area contributed by atoms with Crippen molar-refractivity contribution in [2.45, 2.75) is 4.90 Å². The summed E-state index contributed by atoms with van der Waals surface area (Å²) in [5, 5.41) is 3.76. The first-order chi connectivity index (χ1) is 13.9. The Morgan fingerprint density at radius 1 is 1.28 bits per heavy atom. The lowest BCUT2D eigenvalue weighted by molar-refractivity contribution is -0.115. The zero-order valence-corrected chi connectivity index (χ0v) is 17.2. The molecule has 1 amide bonds. The maximum atomic E-state index is 12.6. The van der Waals surface area contributed by atoms with Crippen molar-refractivity contribution >= 4 is 56.2 Å². The second kappa shape index (κ2) is 7.54. The normalized spacial score (nSPS) is 18.3. The molecule has 1 N–H and O–H groups in total. The first-order valence-electron chi connectivity index (χ1n) is 7.99. The van der Waals surface area contributed by atoms with Gasteiger partial charge in [-0.15, -0.1) is 15.7 Å². The third-order valence-electron chi connectivity index (χ3n) is 3.83. The Labute approximate surface area is 173 Å². The van der Waals surface area contributed by atoms with E-state index in [0.717, 1.165) is 30.2 Å². The van der Waals surface area contributed by atoms with E-state index < -0.39 is 21.9 Å². The number of nitrogens with zero attached hydrogens (tertiary/aromatic N) is 1. The number of thiophene rings is 1. The van der Waals surface area contributed by atoms with E-state index >= 15 is 0 Å². The smallest absolute Gasteiger partial charge is 0.349 e. The van der Waals surface area contributed by atoms with Crippen molar-refractivity contribution in [1.82, 2.24) is 5.32 Å². The molecular weight excluding hydrogens is 440 g/mol. The van der Waals surface area contributed by atoms with Crippen LogP contribution in [0.5, 0.6) is 11.5 Å². The maximum absolute atomic E-state index is 12.6. The Morgan fingerprint density at radius 3 is 2.86 bits per heavy atom. The monoisotopic (exact) mass is 452 g/mol. The van der Waals surface area contributed by atoms with Crippen molar-refractivity contribution in [3.05, 3.63) is 45.0 Å². The molecule has 1 fully saturated rings. The van der Waals surface area contributed by atoms with E-state index in [2.05, 4.69) is 14.5 Å². The molecule has 0 radical (unpaired) electrons. The molecule has 1 aromatic heterocycles. The fourth-order valence-corrected chi connectivity index (χ4v) is 5.83. The van der Waals surface area contributed by atoms with Gasteiger partial charge >= 0.3 is 5.97 Å². The molecule has 1 aromatic carbocycles. The Kier molecular flexibility index (Phi) is 5.06. The molecule has 12 heteroatoms. The van der Waals surface area contributed by atoms with E-state index in [1.54, 1.807) is 24.3 Å². The van der Waals surface area contributed by atoms with Crippen LogP contribution in [0.15, 0.2) is 43.8 Å². The fourth-order valence-electron chi connectivity index (χ4n) is 2.53. The minimum absolute atomic E-state index is 0.0812. The van der Waals surface area contributed by atoms with Crippen LogP contribution in [0, 0.1) is 0 Å². The quantitative estimate of drug-likeness (QED) is 0.554. The Bertz CT molecular complexity index is 1180. The molecule has 9 nitrogen and oxygen atoms in total. The summed E-state index contributed by atoms with van der Waals surface area (Å²) in [6.07, 6.45) is 1.58. The molecule has 2 aromatic rings. The van der Waals surface area contributed by atoms with E-state index in [1.807, 2.05) is 0 Å². The summed E-state index contributed by atoms with van der Waals surface area (Å²) in [6, 6.07) is 6.44. The molecule has 0 atom stereocenters. The van der Waals surface area contributed by atoms with Gasteiger partial charge in [0.15, 0.2) is 16.7 Å². The van der Waals surface area contributed by atoms with Crippen LogP contribution in [0.25, 0.3) is 6.08 Å². The molecule has 0 saturated carbocycles. The van der Waals surface area contributed by atoms with Gasteiger partial charge in [0.1, 0.15) is 9.77 Å². The molecule has 0 spiro atoms. The highest BCUT2D eigenvalue weighted by atomic mass is 32.2. The number of amides is 1. The van der Waals surface area contributed by atoms with Crippen LogP contribution in [0.4, 0.5) is 0 Å². The summed E-state index contributed by atoms with van der Waals surface area (Å²) < 4.78 is 44.0. The maximum Gasteiger partial charge on any atom is 0.349 e. The number of sulfonamides is 1. The topological polar surface area (TPSA) is 120 Å². The first kappa shape index (κ1) is 19.5. The summed E-state index contributed by atoms with van der Waals surface area (Å²) in [6.45, 7) is 0.134. The number of ether oxygens (including phenoxy) is 3. The van der Waals surface area contributed by atoms with E-state index in [4.69, 9.17) is 9.47 Å². The Morgan fingerprint density at radius 2 is 2.07 bits per heavy atom. The molecule has 2 aliphatic rings. The molecule has 29 heavy (non-hydrogen) atoms. The molecule has 2 aliphatic heterocycles. The van der Waals surface area contributed by atoms with E-state index in [-0.39, 0.29) is 26.6 Å². The van der Waals surface area contributed by atoms with Gasteiger partial charge in [-0.3, -0.25) is 10.1 Å². The number of esters is 1. The number of methoxy groups -OCH3 is 1. The number of hydrogen-bond donors (Lipinski definition) is 1. The van der Waals surface area contributed by atoms with Crippen molar-refractivity contribution in [1.29, 1.82) is 0 Å². The number of rotatable bonds is 4. The summed E-state index contributed by atoms with van der Waals surface area (Å²) in [5.74, 6) is -0.0846.